The molecule has 3 nitrogen and oxygen atoms in total. The molecule has 1 aromatic rings. The van der Waals surface area contributed by atoms with Crippen molar-refractivity contribution in [2.45, 2.75) is 38.3 Å². The Morgan fingerprint density at radius 2 is 2.22 bits per heavy atom. The topological polar surface area (TPSA) is 44.5 Å². The molecule has 1 unspecified atom stereocenters. The molecule has 0 spiro atoms. The van der Waals surface area contributed by atoms with Crippen LogP contribution in [0.1, 0.15) is 25.0 Å². The third-order valence-electron chi connectivity index (χ3n) is 3.68. The molecule has 0 bridgehead atoms. The SMILES string of the molecule is COC(C)(C)C(N)Cc1cc(Br)cc2c1OCC2. The molecule has 0 saturated carbocycles. The van der Waals surface area contributed by atoms with Crippen LogP contribution in [0.25, 0.3) is 0 Å². The summed E-state index contributed by atoms with van der Waals surface area (Å²) in [5.74, 6) is 1.01. The first-order chi connectivity index (χ1) is 8.44. The number of halogens is 1. The van der Waals surface area contributed by atoms with Crippen LogP contribution in [0.4, 0.5) is 0 Å². The van der Waals surface area contributed by atoms with Gasteiger partial charge in [0.2, 0.25) is 0 Å². The largest absolute Gasteiger partial charge is 0.493 e. The molecular formula is C14H20BrNO2. The standard InChI is InChI=1S/C14H20BrNO2/c1-14(2,17-3)12(16)8-10-7-11(15)6-9-4-5-18-13(9)10/h6-7,12H,4-5,8,16H2,1-3H3. The van der Waals surface area contributed by atoms with E-state index in [1.54, 1.807) is 7.11 Å². The predicted molar refractivity (Wildman–Crippen MR) is 76.1 cm³/mol. The van der Waals surface area contributed by atoms with E-state index in [1.807, 2.05) is 13.8 Å². The summed E-state index contributed by atoms with van der Waals surface area (Å²) < 4.78 is 12.2. The number of benzene rings is 1. The Hall–Kier alpha value is -0.580. The molecule has 18 heavy (non-hydrogen) atoms. The van der Waals surface area contributed by atoms with Gasteiger partial charge in [-0.3, -0.25) is 0 Å². The van der Waals surface area contributed by atoms with Gasteiger partial charge in [0, 0.05) is 24.0 Å². The Kier molecular flexibility index (Phi) is 3.99. The molecule has 1 aliphatic rings. The van der Waals surface area contributed by atoms with Crippen molar-refractivity contribution < 1.29 is 9.47 Å². The van der Waals surface area contributed by atoms with Gasteiger partial charge in [0.05, 0.1) is 12.2 Å². The minimum absolute atomic E-state index is 0.0647. The molecule has 1 aromatic carbocycles. The fraction of sp³-hybridized carbons (Fsp3) is 0.571. The molecule has 1 atom stereocenters. The maximum atomic E-state index is 6.24. The summed E-state index contributed by atoms with van der Waals surface area (Å²) in [4.78, 5) is 0. The van der Waals surface area contributed by atoms with Crippen molar-refractivity contribution in [1.82, 2.24) is 0 Å². The molecule has 1 aliphatic heterocycles. The second-order valence-corrected chi connectivity index (χ2v) is 6.19. The van der Waals surface area contributed by atoms with Crippen LogP contribution in [0, 0.1) is 0 Å². The zero-order valence-corrected chi connectivity index (χ0v) is 12.7. The zero-order chi connectivity index (χ0) is 13.3. The molecule has 1 heterocycles. The van der Waals surface area contributed by atoms with Crippen LogP contribution >= 0.6 is 15.9 Å². The smallest absolute Gasteiger partial charge is 0.125 e. The summed E-state index contributed by atoms with van der Waals surface area (Å²) in [7, 11) is 1.70. The van der Waals surface area contributed by atoms with E-state index in [-0.39, 0.29) is 11.6 Å². The maximum Gasteiger partial charge on any atom is 0.125 e. The van der Waals surface area contributed by atoms with E-state index >= 15 is 0 Å². The van der Waals surface area contributed by atoms with Gasteiger partial charge in [-0.1, -0.05) is 15.9 Å². The first kappa shape index (κ1) is 13.8. The van der Waals surface area contributed by atoms with E-state index in [1.165, 1.54) is 5.56 Å². The maximum absolute atomic E-state index is 6.24. The average Bonchev–Trinajstić information content (AvgIpc) is 2.76. The Labute approximate surface area is 117 Å². The van der Waals surface area contributed by atoms with E-state index in [2.05, 4.69) is 28.1 Å². The van der Waals surface area contributed by atoms with Crippen molar-refractivity contribution in [3.8, 4) is 5.75 Å². The fourth-order valence-electron chi connectivity index (χ4n) is 2.13. The normalized spacial score (nSPS) is 16.3. The van der Waals surface area contributed by atoms with Gasteiger partial charge in [-0.15, -0.1) is 0 Å². The number of rotatable bonds is 4. The average molecular weight is 314 g/mol. The fourth-order valence-corrected chi connectivity index (χ4v) is 2.68. The lowest BCUT2D eigenvalue weighted by atomic mass is 9.92. The lowest BCUT2D eigenvalue weighted by molar-refractivity contribution is 0.000697. The lowest BCUT2D eigenvalue weighted by Crippen LogP contribution is -2.46. The highest BCUT2D eigenvalue weighted by atomic mass is 79.9. The molecule has 100 valence electrons. The number of fused-ring (bicyclic) bond motifs is 1. The van der Waals surface area contributed by atoms with E-state index < -0.39 is 0 Å². The summed E-state index contributed by atoms with van der Waals surface area (Å²) in [6.45, 7) is 4.79. The molecule has 0 aromatic heterocycles. The molecule has 0 radical (unpaired) electrons. The van der Waals surface area contributed by atoms with Gasteiger partial charge >= 0.3 is 0 Å². The Morgan fingerprint density at radius 1 is 1.50 bits per heavy atom. The number of nitrogens with two attached hydrogens (primary N) is 1. The van der Waals surface area contributed by atoms with Crippen LogP contribution in [-0.2, 0) is 17.6 Å². The molecular weight excluding hydrogens is 294 g/mol. The third-order valence-corrected chi connectivity index (χ3v) is 4.14. The predicted octanol–water partition coefficient (Wildman–Crippen LogP) is 2.68. The van der Waals surface area contributed by atoms with Crippen molar-refractivity contribution in [3.05, 3.63) is 27.7 Å². The molecule has 0 fully saturated rings. The van der Waals surface area contributed by atoms with Gasteiger partial charge in [-0.2, -0.15) is 0 Å². The first-order valence-electron chi connectivity index (χ1n) is 6.19. The van der Waals surface area contributed by atoms with E-state index in [0.29, 0.717) is 0 Å². The number of methoxy groups -OCH3 is 1. The van der Waals surface area contributed by atoms with Crippen LogP contribution in [0.2, 0.25) is 0 Å². The van der Waals surface area contributed by atoms with E-state index in [9.17, 15) is 0 Å². The van der Waals surface area contributed by atoms with Crippen molar-refractivity contribution in [2.75, 3.05) is 13.7 Å². The molecule has 0 amide bonds. The highest BCUT2D eigenvalue weighted by Gasteiger charge is 2.28. The third kappa shape index (κ3) is 2.71. The van der Waals surface area contributed by atoms with Crippen molar-refractivity contribution in [2.24, 2.45) is 5.73 Å². The first-order valence-corrected chi connectivity index (χ1v) is 6.98. The van der Waals surface area contributed by atoms with Gasteiger partial charge in [-0.05, 0) is 43.5 Å². The number of hydrogen-bond donors (Lipinski definition) is 1. The van der Waals surface area contributed by atoms with E-state index in [4.69, 9.17) is 15.2 Å². The monoisotopic (exact) mass is 313 g/mol. The second kappa shape index (κ2) is 5.19. The van der Waals surface area contributed by atoms with Gasteiger partial charge in [0.1, 0.15) is 5.75 Å². The molecule has 0 aliphatic carbocycles. The highest BCUT2D eigenvalue weighted by Crippen LogP contribution is 2.34. The summed E-state index contributed by atoms with van der Waals surface area (Å²) in [5, 5.41) is 0. The highest BCUT2D eigenvalue weighted by molar-refractivity contribution is 9.10. The zero-order valence-electron chi connectivity index (χ0n) is 11.1. The van der Waals surface area contributed by atoms with Crippen LogP contribution in [0.3, 0.4) is 0 Å². The number of hydrogen-bond acceptors (Lipinski definition) is 3. The Bertz CT molecular complexity index is 446. The molecule has 2 rings (SSSR count). The lowest BCUT2D eigenvalue weighted by Gasteiger charge is -2.30. The van der Waals surface area contributed by atoms with Crippen molar-refractivity contribution >= 4 is 15.9 Å². The molecule has 2 N–H and O–H groups in total. The van der Waals surface area contributed by atoms with Gasteiger partial charge in [0.25, 0.3) is 0 Å². The number of ether oxygens (including phenoxy) is 2. The summed E-state index contributed by atoms with van der Waals surface area (Å²) in [6.07, 6.45) is 1.73. The Balaban J connectivity index is 2.25. The Morgan fingerprint density at radius 3 is 2.89 bits per heavy atom. The molecule has 0 saturated heterocycles. The van der Waals surface area contributed by atoms with Gasteiger partial charge < -0.3 is 15.2 Å². The van der Waals surface area contributed by atoms with Crippen LogP contribution in [0.15, 0.2) is 16.6 Å². The second-order valence-electron chi connectivity index (χ2n) is 5.27. The summed E-state index contributed by atoms with van der Waals surface area (Å²) >= 11 is 3.55. The molecule has 4 heteroatoms. The van der Waals surface area contributed by atoms with Gasteiger partial charge in [0.15, 0.2) is 0 Å². The van der Waals surface area contributed by atoms with Crippen LogP contribution in [0.5, 0.6) is 5.75 Å². The summed E-state index contributed by atoms with van der Waals surface area (Å²) in [6, 6.07) is 4.15. The van der Waals surface area contributed by atoms with Crippen LogP contribution in [-0.4, -0.2) is 25.4 Å². The summed E-state index contributed by atoms with van der Waals surface area (Å²) in [5.41, 5.74) is 8.33. The van der Waals surface area contributed by atoms with Crippen molar-refractivity contribution in [3.63, 3.8) is 0 Å². The quantitative estimate of drug-likeness (QED) is 0.929. The minimum atomic E-state index is -0.339. The van der Waals surface area contributed by atoms with E-state index in [0.717, 1.165) is 35.2 Å². The van der Waals surface area contributed by atoms with Crippen molar-refractivity contribution in [1.29, 1.82) is 0 Å². The minimum Gasteiger partial charge on any atom is -0.493 e. The van der Waals surface area contributed by atoms with Gasteiger partial charge in [-0.25, -0.2) is 0 Å². The van der Waals surface area contributed by atoms with Crippen LogP contribution < -0.4 is 10.5 Å².